The lowest BCUT2D eigenvalue weighted by Crippen LogP contribution is -2.46. The van der Waals surface area contributed by atoms with Crippen LogP contribution in [0.4, 0.5) is 0 Å². The average Bonchev–Trinajstić information content (AvgIpc) is 2.92. The lowest BCUT2D eigenvalue weighted by molar-refractivity contribution is 0.0711. The number of nitrogens with zero attached hydrogens (tertiary/aromatic N) is 1. The van der Waals surface area contributed by atoms with Gasteiger partial charge in [-0.05, 0) is 71.7 Å². The Bertz CT molecular complexity index is 1570. The highest BCUT2D eigenvalue weighted by molar-refractivity contribution is 7.91. The summed E-state index contributed by atoms with van der Waals surface area (Å²) in [5.41, 5.74) is 2.31. The summed E-state index contributed by atoms with van der Waals surface area (Å²) in [6, 6.07) is 19.6. The molecule has 0 atom stereocenters. The van der Waals surface area contributed by atoms with Gasteiger partial charge in [0, 0.05) is 24.7 Å². The second kappa shape index (κ2) is 11.5. The fourth-order valence-corrected chi connectivity index (χ4v) is 7.99. The van der Waals surface area contributed by atoms with E-state index in [-0.39, 0.29) is 38.0 Å². The number of piperidine rings is 1. The summed E-state index contributed by atoms with van der Waals surface area (Å²) in [6.07, 6.45) is 0.925. The van der Waals surface area contributed by atoms with Crippen molar-refractivity contribution < 1.29 is 21.6 Å². The van der Waals surface area contributed by atoms with Gasteiger partial charge in [-0.1, -0.05) is 71.0 Å². The Kier molecular flexibility index (Phi) is 8.59. The van der Waals surface area contributed by atoms with Crippen molar-refractivity contribution in [2.75, 3.05) is 13.1 Å². The number of amides is 1. The normalized spacial score (nSPS) is 15.4. The van der Waals surface area contributed by atoms with Crippen LogP contribution in [0.25, 0.3) is 0 Å². The Morgan fingerprint density at radius 2 is 1.45 bits per heavy atom. The highest BCUT2D eigenvalue weighted by Gasteiger charge is 2.30. The molecule has 0 saturated carbocycles. The number of rotatable bonds is 7. The Morgan fingerprint density at radius 3 is 2.00 bits per heavy atom. The largest absolute Gasteiger partial charge is 0.339 e. The molecular formula is C31H38N2O5S2. The molecule has 0 aromatic heterocycles. The highest BCUT2D eigenvalue weighted by atomic mass is 32.2. The second-order valence-corrected chi connectivity index (χ2v) is 15.3. The Hall–Kier alpha value is -3.01. The third-order valence-corrected chi connectivity index (χ3v) is 10.7. The van der Waals surface area contributed by atoms with Crippen LogP contribution in [0.2, 0.25) is 0 Å². The fourth-order valence-electron chi connectivity index (χ4n) is 4.91. The summed E-state index contributed by atoms with van der Waals surface area (Å²) in [6.45, 7) is 11.0. The smallest absolute Gasteiger partial charge is 0.253 e. The summed E-state index contributed by atoms with van der Waals surface area (Å²) in [4.78, 5) is 14.8. The molecular weight excluding hydrogens is 544 g/mol. The van der Waals surface area contributed by atoms with Crippen LogP contribution in [0.3, 0.4) is 0 Å². The van der Waals surface area contributed by atoms with Crippen molar-refractivity contribution in [2.45, 2.75) is 79.5 Å². The van der Waals surface area contributed by atoms with Gasteiger partial charge in [0.25, 0.3) is 5.91 Å². The molecule has 3 aromatic carbocycles. The zero-order chi connectivity index (χ0) is 29.3. The Labute approximate surface area is 238 Å². The van der Waals surface area contributed by atoms with Crippen molar-refractivity contribution in [3.63, 3.8) is 0 Å². The van der Waals surface area contributed by atoms with E-state index in [4.69, 9.17) is 0 Å². The first kappa shape index (κ1) is 30.0. The third-order valence-electron chi connectivity index (χ3n) is 7.36. The second-order valence-electron chi connectivity index (χ2n) is 11.7. The van der Waals surface area contributed by atoms with Crippen molar-refractivity contribution >= 4 is 25.8 Å². The molecule has 1 aliphatic heterocycles. The van der Waals surface area contributed by atoms with Crippen LogP contribution in [0, 0.1) is 0 Å². The number of benzene rings is 3. The molecule has 9 heteroatoms. The van der Waals surface area contributed by atoms with Gasteiger partial charge >= 0.3 is 0 Å². The number of nitrogens with one attached hydrogen (secondary N) is 1. The molecule has 0 bridgehead atoms. The van der Waals surface area contributed by atoms with Crippen molar-refractivity contribution in [2.24, 2.45) is 0 Å². The molecule has 40 heavy (non-hydrogen) atoms. The standard InChI is InChI=1S/C31H38N2O5S2/c1-22(2)28-16-15-27(39(35,36)26-9-7-6-8-10-26)21-29(28)40(37,38)32-25-17-19-33(20-18-25)30(34)23-11-13-24(14-12-23)31(3,4)5/h6-16,21-22,25,32H,17-20H2,1-5H3. The number of carbonyl (C=O) groups is 1. The van der Waals surface area contributed by atoms with Gasteiger partial charge in [0.1, 0.15) is 0 Å². The fraction of sp³-hybridized carbons (Fsp3) is 0.387. The van der Waals surface area contributed by atoms with Crippen molar-refractivity contribution in [1.82, 2.24) is 9.62 Å². The molecule has 0 spiro atoms. The molecule has 1 saturated heterocycles. The summed E-state index contributed by atoms with van der Waals surface area (Å²) in [5.74, 6) is -0.202. The monoisotopic (exact) mass is 582 g/mol. The van der Waals surface area contributed by atoms with Gasteiger partial charge in [-0.2, -0.15) is 0 Å². The summed E-state index contributed by atoms with van der Waals surface area (Å²) in [7, 11) is -7.92. The maximum Gasteiger partial charge on any atom is 0.253 e. The van der Waals surface area contributed by atoms with Crippen LogP contribution in [-0.4, -0.2) is 46.8 Å². The number of sulfonamides is 1. The molecule has 0 aliphatic carbocycles. The molecule has 1 heterocycles. The van der Waals surface area contributed by atoms with Crippen LogP contribution in [0.5, 0.6) is 0 Å². The molecule has 1 aliphatic rings. The van der Waals surface area contributed by atoms with E-state index >= 15 is 0 Å². The zero-order valence-electron chi connectivity index (χ0n) is 23.7. The lowest BCUT2D eigenvalue weighted by Gasteiger charge is -2.32. The van der Waals surface area contributed by atoms with E-state index in [2.05, 4.69) is 25.5 Å². The third kappa shape index (κ3) is 6.48. The predicted octanol–water partition coefficient (Wildman–Crippen LogP) is 5.52. The maximum absolute atomic E-state index is 13.6. The molecule has 3 aromatic rings. The molecule has 1 amide bonds. The van der Waals surface area contributed by atoms with E-state index in [1.807, 2.05) is 38.1 Å². The molecule has 214 valence electrons. The van der Waals surface area contributed by atoms with Gasteiger partial charge in [-0.3, -0.25) is 4.79 Å². The van der Waals surface area contributed by atoms with Crippen molar-refractivity contribution in [1.29, 1.82) is 0 Å². The van der Waals surface area contributed by atoms with Crippen LogP contribution in [0.15, 0.2) is 87.5 Å². The first-order valence-electron chi connectivity index (χ1n) is 13.6. The van der Waals surface area contributed by atoms with Crippen LogP contribution in [-0.2, 0) is 25.3 Å². The molecule has 0 unspecified atom stereocenters. The highest BCUT2D eigenvalue weighted by Crippen LogP contribution is 2.30. The Morgan fingerprint density at radius 1 is 0.850 bits per heavy atom. The van der Waals surface area contributed by atoms with E-state index < -0.39 is 19.9 Å². The molecule has 7 nitrogen and oxygen atoms in total. The van der Waals surface area contributed by atoms with Gasteiger partial charge in [-0.25, -0.2) is 21.6 Å². The number of likely N-dealkylation sites (tertiary alicyclic amines) is 1. The van der Waals surface area contributed by atoms with Gasteiger partial charge in [-0.15, -0.1) is 0 Å². The SMILES string of the molecule is CC(C)c1ccc(S(=O)(=O)c2ccccc2)cc1S(=O)(=O)NC1CCN(C(=O)c2ccc(C(C)(C)C)cc2)CC1. The maximum atomic E-state index is 13.6. The number of hydrogen-bond acceptors (Lipinski definition) is 5. The molecule has 4 rings (SSSR count). The number of sulfone groups is 1. The van der Waals surface area contributed by atoms with Gasteiger partial charge < -0.3 is 4.90 Å². The van der Waals surface area contributed by atoms with E-state index in [1.54, 1.807) is 29.2 Å². The first-order valence-corrected chi connectivity index (χ1v) is 16.5. The van der Waals surface area contributed by atoms with E-state index in [9.17, 15) is 21.6 Å². The summed E-state index contributed by atoms with van der Waals surface area (Å²) < 4.78 is 56.4. The minimum Gasteiger partial charge on any atom is -0.339 e. The molecule has 0 radical (unpaired) electrons. The Balaban J connectivity index is 1.50. The van der Waals surface area contributed by atoms with Gasteiger partial charge in [0.05, 0.1) is 14.7 Å². The van der Waals surface area contributed by atoms with E-state index in [1.165, 1.54) is 24.3 Å². The zero-order valence-corrected chi connectivity index (χ0v) is 25.3. The van der Waals surface area contributed by atoms with E-state index in [0.717, 1.165) is 5.56 Å². The summed E-state index contributed by atoms with van der Waals surface area (Å²) >= 11 is 0. The number of carbonyl (C=O) groups excluding carboxylic acids is 1. The lowest BCUT2D eigenvalue weighted by atomic mass is 9.86. The minimum absolute atomic E-state index is 0.00221. The molecule has 1 fully saturated rings. The van der Waals surface area contributed by atoms with Crippen LogP contribution < -0.4 is 4.72 Å². The predicted molar refractivity (Wildman–Crippen MR) is 157 cm³/mol. The van der Waals surface area contributed by atoms with Crippen molar-refractivity contribution in [3.05, 3.63) is 89.5 Å². The van der Waals surface area contributed by atoms with Crippen molar-refractivity contribution in [3.8, 4) is 0 Å². The topological polar surface area (TPSA) is 101 Å². The first-order chi connectivity index (χ1) is 18.7. The van der Waals surface area contributed by atoms with E-state index in [0.29, 0.717) is 37.1 Å². The van der Waals surface area contributed by atoms with Crippen LogP contribution in [0.1, 0.15) is 74.9 Å². The minimum atomic E-state index is -4.03. The van der Waals surface area contributed by atoms with Gasteiger partial charge in [0.2, 0.25) is 19.9 Å². The van der Waals surface area contributed by atoms with Crippen LogP contribution >= 0.6 is 0 Å². The van der Waals surface area contributed by atoms with Gasteiger partial charge in [0.15, 0.2) is 0 Å². The number of hydrogen-bond donors (Lipinski definition) is 1. The average molecular weight is 583 g/mol. The molecule has 1 N–H and O–H groups in total. The summed E-state index contributed by atoms with van der Waals surface area (Å²) in [5, 5.41) is 0. The quantitative estimate of drug-likeness (QED) is 0.395.